The summed E-state index contributed by atoms with van der Waals surface area (Å²) in [4.78, 5) is 5.53. The number of hydrogen-bond acceptors (Lipinski definition) is 4. The molecule has 4 nitrogen and oxygen atoms in total. The first kappa shape index (κ1) is 18.4. The Balaban J connectivity index is 2.35. The van der Waals surface area contributed by atoms with Crippen molar-refractivity contribution >= 4 is 0 Å². The van der Waals surface area contributed by atoms with Gasteiger partial charge in [-0.05, 0) is 57.9 Å². The number of hydrogen-bond donors (Lipinski definition) is 1. The van der Waals surface area contributed by atoms with Crippen LogP contribution in [0.15, 0.2) is 36.0 Å². The highest BCUT2D eigenvalue weighted by atomic mass is 16.7. The molecule has 0 radical (unpaired) electrons. The largest absolute Gasteiger partial charge is 0.491 e. The summed E-state index contributed by atoms with van der Waals surface area (Å²) < 4.78 is 11.5. The van der Waals surface area contributed by atoms with Gasteiger partial charge in [-0.15, -0.1) is 0 Å². The number of hydroxylamine groups is 1. The summed E-state index contributed by atoms with van der Waals surface area (Å²) in [6, 6.07) is 7.70. The summed E-state index contributed by atoms with van der Waals surface area (Å²) >= 11 is 0. The number of rotatable bonds is 10. The third kappa shape index (κ3) is 6.85. The van der Waals surface area contributed by atoms with Crippen LogP contribution in [-0.2, 0) is 4.84 Å². The second-order valence-electron chi connectivity index (χ2n) is 5.32. The van der Waals surface area contributed by atoms with Crippen LogP contribution in [0.3, 0.4) is 0 Å². The zero-order valence-electron chi connectivity index (χ0n) is 14.4. The van der Waals surface area contributed by atoms with Gasteiger partial charge in [0, 0.05) is 5.70 Å². The van der Waals surface area contributed by atoms with Gasteiger partial charge in [0.2, 0.25) is 0 Å². The fraction of sp³-hybridized carbons (Fsp3) is 0.556. The maximum atomic E-state index is 5.74. The first-order valence-corrected chi connectivity index (χ1v) is 8.05. The Morgan fingerprint density at radius 3 is 2.27 bits per heavy atom. The van der Waals surface area contributed by atoms with E-state index in [-0.39, 0.29) is 12.2 Å². The van der Waals surface area contributed by atoms with Crippen molar-refractivity contribution in [3.05, 3.63) is 36.0 Å². The van der Waals surface area contributed by atoms with E-state index in [4.69, 9.17) is 14.3 Å². The Kier molecular flexibility index (Phi) is 8.44. The van der Waals surface area contributed by atoms with Crippen LogP contribution in [0.25, 0.3) is 0 Å². The number of nitrogens with one attached hydrogen (secondary N) is 1. The lowest BCUT2D eigenvalue weighted by atomic mass is 10.3. The minimum absolute atomic E-state index is 0.0439. The number of allylic oxidation sites excluding steroid dienone is 2. The van der Waals surface area contributed by atoms with Crippen LogP contribution in [0, 0.1) is 0 Å². The Morgan fingerprint density at radius 2 is 1.73 bits per heavy atom. The van der Waals surface area contributed by atoms with Crippen molar-refractivity contribution in [1.82, 2.24) is 5.48 Å². The highest BCUT2D eigenvalue weighted by Crippen LogP contribution is 2.19. The van der Waals surface area contributed by atoms with Crippen LogP contribution in [0.5, 0.6) is 11.5 Å². The van der Waals surface area contributed by atoms with Crippen molar-refractivity contribution in [3.8, 4) is 11.5 Å². The molecule has 1 rings (SSSR count). The van der Waals surface area contributed by atoms with Crippen molar-refractivity contribution in [2.24, 2.45) is 0 Å². The molecule has 0 saturated carbocycles. The lowest BCUT2D eigenvalue weighted by Gasteiger charge is -2.17. The molecule has 0 aliphatic heterocycles. The molecule has 1 aromatic rings. The van der Waals surface area contributed by atoms with Gasteiger partial charge < -0.3 is 9.47 Å². The van der Waals surface area contributed by atoms with Crippen LogP contribution in [0.1, 0.15) is 47.5 Å². The van der Waals surface area contributed by atoms with E-state index in [2.05, 4.69) is 26.3 Å². The average molecular weight is 307 g/mol. The third-order valence-electron chi connectivity index (χ3n) is 3.34. The molecule has 0 spiro atoms. The highest BCUT2D eigenvalue weighted by molar-refractivity contribution is 5.31. The maximum Gasteiger partial charge on any atom is 0.119 e. The molecule has 0 bridgehead atoms. The summed E-state index contributed by atoms with van der Waals surface area (Å²) in [6.07, 6.45) is 4.10. The van der Waals surface area contributed by atoms with E-state index in [0.29, 0.717) is 6.61 Å². The van der Waals surface area contributed by atoms with Crippen LogP contribution in [0.4, 0.5) is 0 Å². The van der Waals surface area contributed by atoms with Crippen molar-refractivity contribution in [2.45, 2.75) is 59.7 Å². The summed E-state index contributed by atoms with van der Waals surface area (Å²) in [5.74, 6) is 1.68. The predicted molar refractivity (Wildman–Crippen MR) is 90.0 cm³/mol. The normalized spacial score (nSPS) is 14.3. The van der Waals surface area contributed by atoms with Crippen LogP contribution >= 0.6 is 0 Å². The quantitative estimate of drug-likeness (QED) is 0.648. The topological polar surface area (TPSA) is 39.7 Å². The maximum absolute atomic E-state index is 5.74. The molecule has 0 aromatic heterocycles. The summed E-state index contributed by atoms with van der Waals surface area (Å²) in [5, 5.41) is 0. The summed E-state index contributed by atoms with van der Waals surface area (Å²) in [5.41, 5.74) is 4.02. The molecule has 4 heteroatoms. The van der Waals surface area contributed by atoms with Crippen LogP contribution < -0.4 is 15.0 Å². The van der Waals surface area contributed by atoms with E-state index >= 15 is 0 Å². The van der Waals surface area contributed by atoms with Gasteiger partial charge in [0.15, 0.2) is 0 Å². The molecule has 2 atom stereocenters. The van der Waals surface area contributed by atoms with E-state index in [1.165, 1.54) is 0 Å². The molecule has 0 saturated heterocycles. The van der Waals surface area contributed by atoms with Crippen molar-refractivity contribution in [2.75, 3.05) is 6.61 Å². The van der Waals surface area contributed by atoms with Gasteiger partial charge in [0.25, 0.3) is 0 Å². The van der Waals surface area contributed by atoms with Gasteiger partial charge in [0.05, 0.1) is 6.10 Å². The SMILES string of the molecule is CC=C(CC)NOC(C)COc1ccc(OC(C)CC)cc1. The molecule has 0 amide bonds. The fourth-order valence-corrected chi connectivity index (χ4v) is 1.69. The first-order valence-electron chi connectivity index (χ1n) is 8.05. The zero-order valence-corrected chi connectivity index (χ0v) is 14.4. The van der Waals surface area contributed by atoms with E-state index in [0.717, 1.165) is 30.0 Å². The van der Waals surface area contributed by atoms with E-state index in [1.807, 2.05) is 44.2 Å². The predicted octanol–water partition coefficient (Wildman–Crippen LogP) is 4.47. The third-order valence-corrected chi connectivity index (χ3v) is 3.34. The molecule has 0 aliphatic carbocycles. The Labute approximate surface area is 134 Å². The number of benzene rings is 1. The molecule has 1 N–H and O–H groups in total. The standard InChI is InChI=1S/C18H29NO3/c1-6-14(4)21-18-11-9-17(10-12-18)20-13-15(5)22-19-16(7-2)8-3/h7,9-12,14-15,19H,6,8,13H2,1-5H3. The van der Waals surface area contributed by atoms with E-state index < -0.39 is 0 Å². The van der Waals surface area contributed by atoms with Gasteiger partial charge in [-0.3, -0.25) is 10.3 Å². The second kappa shape index (κ2) is 10.1. The van der Waals surface area contributed by atoms with Gasteiger partial charge in [-0.25, -0.2) is 0 Å². The minimum atomic E-state index is -0.0439. The van der Waals surface area contributed by atoms with Crippen molar-refractivity contribution < 1.29 is 14.3 Å². The molecule has 0 fully saturated rings. The Morgan fingerprint density at radius 1 is 1.09 bits per heavy atom. The van der Waals surface area contributed by atoms with Gasteiger partial charge >= 0.3 is 0 Å². The summed E-state index contributed by atoms with van der Waals surface area (Å²) in [6.45, 7) is 10.7. The lowest BCUT2D eigenvalue weighted by molar-refractivity contribution is -0.0216. The molecular weight excluding hydrogens is 278 g/mol. The van der Waals surface area contributed by atoms with Gasteiger partial charge in [-0.1, -0.05) is 19.9 Å². The van der Waals surface area contributed by atoms with Crippen LogP contribution in [0.2, 0.25) is 0 Å². The van der Waals surface area contributed by atoms with Gasteiger partial charge in [0.1, 0.15) is 24.2 Å². The average Bonchev–Trinajstić information content (AvgIpc) is 2.55. The monoisotopic (exact) mass is 307 g/mol. The van der Waals surface area contributed by atoms with E-state index in [1.54, 1.807) is 0 Å². The molecule has 124 valence electrons. The summed E-state index contributed by atoms with van der Waals surface area (Å²) in [7, 11) is 0. The van der Waals surface area contributed by atoms with Crippen LogP contribution in [-0.4, -0.2) is 18.8 Å². The Hall–Kier alpha value is -1.68. The molecule has 1 aromatic carbocycles. The highest BCUT2D eigenvalue weighted by Gasteiger charge is 2.06. The molecule has 0 heterocycles. The molecule has 2 unspecified atom stereocenters. The minimum Gasteiger partial charge on any atom is -0.491 e. The fourth-order valence-electron chi connectivity index (χ4n) is 1.69. The second-order valence-corrected chi connectivity index (χ2v) is 5.32. The number of ether oxygens (including phenoxy) is 2. The van der Waals surface area contributed by atoms with Gasteiger partial charge in [-0.2, -0.15) is 0 Å². The zero-order chi connectivity index (χ0) is 16.4. The van der Waals surface area contributed by atoms with E-state index in [9.17, 15) is 0 Å². The smallest absolute Gasteiger partial charge is 0.119 e. The molecule has 0 aliphatic rings. The van der Waals surface area contributed by atoms with Crippen molar-refractivity contribution in [3.63, 3.8) is 0 Å². The first-order chi connectivity index (χ1) is 10.6. The van der Waals surface area contributed by atoms with Crippen molar-refractivity contribution in [1.29, 1.82) is 0 Å². The Bertz CT molecular complexity index is 442. The molecular formula is C18H29NO3. The lowest BCUT2D eigenvalue weighted by Crippen LogP contribution is -2.26. The molecule has 22 heavy (non-hydrogen) atoms.